The number of benzene rings is 1. The van der Waals surface area contributed by atoms with Crippen molar-refractivity contribution in [2.24, 2.45) is 5.92 Å². The Balaban J connectivity index is 1.74. The molecule has 0 bridgehead atoms. The zero-order valence-corrected chi connectivity index (χ0v) is 12.3. The maximum atomic E-state index is 12.5. The highest BCUT2D eigenvalue weighted by molar-refractivity contribution is 6.00. The number of para-hydroxylation sites is 1. The molecule has 1 amide bonds. The average molecular weight is 287 g/mol. The number of anilines is 1. The Bertz CT molecular complexity index is 644. The van der Waals surface area contributed by atoms with Crippen LogP contribution >= 0.6 is 0 Å². The van der Waals surface area contributed by atoms with Crippen LogP contribution in [0.15, 0.2) is 24.3 Å². The van der Waals surface area contributed by atoms with Crippen LogP contribution < -0.4 is 5.73 Å². The van der Waals surface area contributed by atoms with E-state index in [0.717, 1.165) is 43.5 Å². The first kappa shape index (κ1) is 13.9. The largest absolute Gasteiger partial charge is 0.397 e. The number of aromatic amines is 1. The number of amides is 1. The molecule has 2 heterocycles. The number of hydrogen-bond acceptors (Lipinski definition) is 3. The normalized spacial score (nSPS) is 18.8. The Kier molecular flexibility index (Phi) is 3.84. The van der Waals surface area contributed by atoms with Crippen molar-refractivity contribution in [3.63, 3.8) is 0 Å². The van der Waals surface area contributed by atoms with Gasteiger partial charge in [-0.1, -0.05) is 12.1 Å². The van der Waals surface area contributed by atoms with Gasteiger partial charge in [-0.05, 0) is 30.9 Å². The Morgan fingerprint density at radius 3 is 3.10 bits per heavy atom. The standard InChI is InChI=1S/C16H21N3O2/c1-19(9-11-4-3-7-21-10-11)16(20)14-8-12-5-2-6-13(17)15(12)18-14/h2,5-6,8,11,18H,3-4,7,9-10,17H2,1H3. The van der Waals surface area contributed by atoms with Crippen molar-refractivity contribution < 1.29 is 9.53 Å². The molecule has 112 valence electrons. The van der Waals surface area contributed by atoms with Crippen LogP contribution in [0.5, 0.6) is 0 Å². The van der Waals surface area contributed by atoms with Gasteiger partial charge in [-0.15, -0.1) is 0 Å². The summed E-state index contributed by atoms with van der Waals surface area (Å²) >= 11 is 0. The van der Waals surface area contributed by atoms with E-state index in [4.69, 9.17) is 10.5 Å². The molecule has 1 aliphatic rings. The average Bonchev–Trinajstić information content (AvgIpc) is 2.93. The summed E-state index contributed by atoms with van der Waals surface area (Å²) in [6.45, 7) is 2.32. The molecule has 0 aliphatic carbocycles. The fourth-order valence-electron chi connectivity index (χ4n) is 2.92. The fraction of sp³-hybridized carbons (Fsp3) is 0.438. The minimum Gasteiger partial charge on any atom is -0.397 e. The third-order valence-corrected chi connectivity index (χ3v) is 4.05. The van der Waals surface area contributed by atoms with E-state index in [0.29, 0.717) is 17.3 Å². The number of ether oxygens (including phenoxy) is 1. The second kappa shape index (κ2) is 5.77. The monoisotopic (exact) mass is 287 g/mol. The first-order valence-corrected chi connectivity index (χ1v) is 7.35. The van der Waals surface area contributed by atoms with Crippen molar-refractivity contribution in [2.45, 2.75) is 12.8 Å². The van der Waals surface area contributed by atoms with E-state index >= 15 is 0 Å². The van der Waals surface area contributed by atoms with E-state index < -0.39 is 0 Å². The predicted molar refractivity (Wildman–Crippen MR) is 83.2 cm³/mol. The topological polar surface area (TPSA) is 71.3 Å². The van der Waals surface area contributed by atoms with E-state index in [1.54, 1.807) is 4.90 Å². The van der Waals surface area contributed by atoms with Gasteiger partial charge < -0.3 is 20.4 Å². The van der Waals surface area contributed by atoms with Crippen LogP contribution in [0, 0.1) is 5.92 Å². The number of aromatic nitrogens is 1. The van der Waals surface area contributed by atoms with Crippen molar-refractivity contribution in [3.05, 3.63) is 30.0 Å². The van der Waals surface area contributed by atoms with Gasteiger partial charge >= 0.3 is 0 Å². The minimum atomic E-state index is -0.00354. The summed E-state index contributed by atoms with van der Waals surface area (Å²) in [5.74, 6) is 0.429. The number of nitrogens with two attached hydrogens (primary N) is 1. The molecule has 3 N–H and O–H groups in total. The SMILES string of the molecule is CN(CC1CCCOC1)C(=O)c1cc2cccc(N)c2[nH]1. The van der Waals surface area contributed by atoms with E-state index in [-0.39, 0.29) is 5.91 Å². The number of H-pyrrole nitrogens is 1. The Morgan fingerprint density at radius 2 is 2.38 bits per heavy atom. The third kappa shape index (κ3) is 2.88. The second-order valence-corrected chi connectivity index (χ2v) is 5.76. The van der Waals surface area contributed by atoms with Crippen LogP contribution in [0.4, 0.5) is 5.69 Å². The first-order chi connectivity index (χ1) is 10.1. The molecule has 1 atom stereocenters. The highest BCUT2D eigenvalue weighted by atomic mass is 16.5. The lowest BCUT2D eigenvalue weighted by Gasteiger charge is -2.26. The molecule has 3 rings (SSSR count). The highest BCUT2D eigenvalue weighted by Crippen LogP contribution is 2.22. The molecule has 5 heteroatoms. The number of carbonyl (C=O) groups is 1. The number of nitrogens with zero attached hydrogens (tertiary/aromatic N) is 1. The van der Waals surface area contributed by atoms with E-state index in [9.17, 15) is 4.79 Å². The molecule has 2 aromatic rings. The van der Waals surface area contributed by atoms with Gasteiger partial charge in [0.1, 0.15) is 5.69 Å². The van der Waals surface area contributed by atoms with E-state index in [1.807, 2.05) is 31.3 Å². The fourth-order valence-corrected chi connectivity index (χ4v) is 2.92. The van der Waals surface area contributed by atoms with Crippen molar-refractivity contribution in [2.75, 3.05) is 32.5 Å². The number of nitrogen functional groups attached to an aromatic ring is 1. The van der Waals surface area contributed by atoms with Crippen LogP contribution in [0.2, 0.25) is 0 Å². The Labute approximate surface area is 124 Å². The maximum absolute atomic E-state index is 12.5. The third-order valence-electron chi connectivity index (χ3n) is 4.05. The van der Waals surface area contributed by atoms with Gasteiger partial charge in [0.2, 0.25) is 0 Å². The van der Waals surface area contributed by atoms with Crippen LogP contribution in [0.1, 0.15) is 23.3 Å². The molecule has 1 aliphatic heterocycles. The summed E-state index contributed by atoms with van der Waals surface area (Å²) in [5.41, 5.74) is 8.00. The summed E-state index contributed by atoms with van der Waals surface area (Å²) in [7, 11) is 1.84. The summed E-state index contributed by atoms with van der Waals surface area (Å²) in [4.78, 5) is 17.4. The lowest BCUT2D eigenvalue weighted by atomic mass is 10.0. The molecule has 1 aromatic carbocycles. The molecule has 21 heavy (non-hydrogen) atoms. The minimum absolute atomic E-state index is 0.00354. The smallest absolute Gasteiger partial charge is 0.270 e. The van der Waals surface area contributed by atoms with Gasteiger partial charge in [-0.3, -0.25) is 4.79 Å². The van der Waals surface area contributed by atoms with Gasteiger partial charge in [0.05, 0.1) is 17.8 Å². The Hall–Kier alpha value is -2.01. The summed E-state index contributed by atoms with van der Waals surface area (Å²) < 4.78 is 5.47. The van der Waals surface area contributed by atoms with Crippen molar-refractivity contribution in [3.8, 4) is 0 Å². The van der Waals surface area contributed by atoms with Gasteiger partial charge in [-0.25, -0.2) is 0 Å². The zero-order valence-electron chi connectivity index (χ0n) is 12.3. The van der Waals surface area contributed by atoms with Crippen LogP contribution in [0.25, 0.3) is 10.9 Å². The maximum Gasteiger partial charge on any atom is 0.270 e. The van der Waals surface area contributed by atoms with Crippen molar-refractivity contribution >= 4 is 22.5 Å². The summed E-state index contributed by atoms with van der Waals surface area (Å²) in [6, 6.07) is 7.54. The molecular weight excluding hydrogens is 266 g/mol. The number of fused-ring (bicyclic) bond motifs is 1. The Morgan fingerprint density at radius 1 is 1.52 bits per heavy atom. The molecule has 5 nitrogen and oxygen atoms in total. The summed E-state index contributed by atoms with van der Waals surface area (Å²) in [6.07, 6.45) is 2.20. The van der Waals surface area contributed by atoms with E-state index in [2.05, 4.69) is 4.98 Å². The number of nitrogens with one attached hydrogen (secondary N) is 1. The molecule has 1 aromatic heterocycles. The molecule has 0 saturated carbocycles. The molecule has 1 saturated heterocycles. The van der Waals surface area contributed by atoms with Crippen LogP contribution in [0.3, 0.4) is 0 Å². The first-order valence-electron chi connectivity index (χ1n) is 7.35. The molecule has 0 spiro atoms. The zero-order chi connectivity index (χ0) is 14.8. The van der Waals surface area contributed by atoms with Crippen LogP contribution in [-0.4, -0.2) is 42.6 Å². The summed E-state index contributed by atoms with van der Waals surface area (Å²) in [5, 5.41) is 0.966. The van der Waals surface area contributed by atoms with Gasteiger partial charge in [0.15, 0.2) is 0 Å². The van der Waals surface area contributed by atoms with E-state index in [1.165, 1.54) is 0 Å². The van der Waals surface area contributed by atoms with Crippen molar-refractivity contribution in [1.82, 2.24) is 9.88 Å². The molecular formula is C16H21N3O2. The van der Waals surface area contributed by atoms with Gasteiger partial charge in [-0.2, -0.15) is 0 Å². The molecule has 1 fully saturated rings. The molecule has 0 radical (unpaired) electrons. The lowest BCUT2D eigenvalue weighted by molar-refractivity contribution is 0.0387. The quantitative estimate of drug-likeness (QED) is 0.851. The van der Waals surface area contributed by atoms with Crippen LogP contribution in [-0.2, 0) is 4.74 Å². The number of hydrogen-bond donors (Lipinski definition) is 2. The predicted octanol–water partition coefficient (Wildman–Crippen LogP) is 2.25. The molecule has 1 unspecified atom stereocenters. The second-order valence-electron chi connectivity index (χ2n) is 5.76. The van der Waals surface area contributed by atoms with Crippen molar-refractivity contribution in [1.29, 1.82) is 0 Å². The van der Waals surface area contributed by atoms with Gasteiger partial charge in [0.25, 0.3) is 5.91 Å². The lowest BCUT2D eigenvalue weighted by Crippen LogP contribution is -2.35. The highest BCUT2D eigenvalue weighted by Gasteiger charge is 2.20. The number of carbonyl (C=O) groups excluding carboxylic acids is 1. The van der Waals surface area contributed by atoms with Gasteiger partial charge in [0, 0.05) is 25.6 Å². The number of rotatable bonds is 3.